The molecule has 1 aromatic rings. The van der Waals surface area contributed by atoms with Crippen LogP contribution in [0.2, 0.25) is 5.02 Å². The van der Waals surface area contributed by atoms with Gasteiger partial charge in [0, 0.05) is 5.02 Å². The molecular formula is C16H16ClNO4. The van der Waals surface area contributed by atoms with Gasteiger partial charge < -0.3 is 14.4 Å². The van der Waals surface area contributed by atoms with Crippen LogP contribution in [0, 0.1) is 12.3 Å². The summed E-state index contributed by atoms with van der Waals surface area (Å²) in [5.74, 6) is 1.71. The van der Waals surface area contributed by atoms with Crippen LogP contribution in [-0.2, 0) is 19.1 Å². The number of amides is 1. The van der Waals surface area contributed by atoms with Crippen LogP contribution in [0.1, 0.15) is 18.6 Å². The quantitative estimate of drug-likeness (QED) is 0.627. The Hall–Kier alpha value is -2.03. The molecular weight excluding hydrogens is 306 g/mol. The monoisotopic (exact) mass is 321 g/mol. The van der Waals surface area contributed by atoms with Crippen molar-refractivity contribution in [3.8, 4) is 12.3 Å². The molecule has 0 saturated carbocycles. The summed E-state index contributed by atoms with van der Waals surface area (Å²) in [5.41, 5.74) is 0.800. The lowest BCUT2D eigenvalue weighted by atomic mass is 9.99. The Morgan fingerprint density at radius 1 is 1.50 bits per heavy atom. The maximum Gasteiger partial charge on any atom is 0.325 e. The highest BCUT2D eigenvalue weighted by molar-refractivity contribution is 6.30. The van der Waals surface area contributed by atoms with E-state index < -0.39 is 18.1 Å². The van der Waals surface area contributed by atoms with Gasteiger partial charge >= 0.3 is 5.97 Å². The lowest BCUT2D eigenvalue weighted by Crippen LogP contribution is -2.52. The van der Waals surface area contributed by atoms with Crippen molar-refractivity contribution in [3.05, 3.63) is 34.9 Å². The van der Waals surface area contributed by atoms with Crippen LogP contribution in [0.3, 0.4) is 0 Å². The average Bonchev–Trinajstić information content (AvgIpc) is 2.50. The lowest BCUT2D eigenvalue weighted by molar-refractivity contribution is -0.162. The SMILES string of the molecule is C#CC1C(c2ccc(Cl)cc2)OCC(=O)N1CC(=O)OCC. The Bertz CT molecular complexity index is 593. The van der Waals surface area contributed by atoms with Crippen molar-refractivity contribution in [1.29, 1.82) is 0 Å². The zero-order chi connectivity index (χ0) is 16.1. The Kier molecular flexibility index (Phi) is 5.42. The first-order valence-electron chi connectivity index (χ1n) is 6.85. The van der Waals surface area contributed by atoms with Gasteiger partial charge in [0.25, 0.3) is 0 Å². The second-order valence-electron chi connectivity index (χ2n) is 4.72. The fourth-order valence-electron chi connectivity index (χ4n) is 2.29. The van der Waals surface area contributed by atoms with Gasteiger partial charge in [0.15, 0.2) is 0 Å². The molecule has 1 aliphatic rings. The molecule has 1 fully saturated rings. The summed E-state index contributed by atoms with van der Waals surface area (Å²) in [6.07, 6.45) is 5.06. The van der Waals surface area contributed by atoms with E-state index in [9.17, 15) is 9.59 Å². The van der Waals surface area contributed by atoms with Crippen LogP contribution in [0.25, 0.3) is 0 Å². The van der Waals surface area contributed by atoms with Crippen LogP contribution < -0.4 is 0 Å². The zero-order valence-electron chi connectivity index (χ0n) is 12.1. The second-order valence-corrected chi connectivity index (χ2v) is 5.16. The molecule has 2 unspecified atom stereocenters. The van der Waals surface area contributed by atoms with Crippen molar-refractivity contribution in [2.24, 2.45) is 0 Å². The first kappa shape index (κ1) is 16.3. The van der Waals surface area contributed by atoms with Crippen LogP contribution in [0.4, 0.5) is 0 Å². The highest BCUT2D eigenvalue weighted by atomic mass is 35.5. The molecule has 6 heteroatoms. The first-order chi connectivity index (χ1) is 10.6. The van der Waals surface area contributed by atoms with Gasteiger partial charge in [-0.15, -0.1) is 6.42 Å². The molecule has 1 heterocycles. The zero-order valence-corrected chi connectivity index (χ0v) is 12.9. The van der Waals surface area contributed by atoms with E-state index in [4.69, 9.17) is 27.5 Å². The summed E-state index contributed by atoms with van der Waals surface area (Å²) < 4.78 is 10.4. The Morgan fingerprint density at radius 2 is 2.18 bits per heavy atom. The van der Waals surface area contributed by atoms with Gasteiger partial charge in [0.05, 0.1) is 6.61 Å². The van der Waals surface area contributed by atoms with E-state index in [1.807, 2.05) is 0 Å². The number of nitrogens with zero attached hydrogens (tertiary/aromatic N) is 1. The van der Waals surface area contributed by atoms with E-state index in [0.717, 1.165) is 5.56 Å². The molecule has 0 spiro atoms. The molecule has 116 valence electrons. The van der Waals surface area contributed by atoms with E-state index in [1.165, 1.54) is 4.90 Å². The fourth-order valence-corrected chi connectivity index (χ4v) is 2.42. The van der Waals surface area contributed by atoms with Gasteiger partial charge in [-0.05, 0) is 24.6 Å². The summed E-state index contributed by atoms with van der Waals surface area (Å²) in [5, 5.41) is 0.594. The summed E-state index contributed by atoms with van der Waals surface area (Å²) in [7, 11) is 0. The number of esters is 1. The number of halogens is 1. The van der Waals surface area contributed by atoms with Crippen molar-refractivity contribution in [1.82, 2.24) is 4.90 Å². The molecule has 0 aromatic heterocycles. The third-order valence-electron chi connectivity index (χ3n) is 3.30. The van der Waals surface area contributed by atoms with Crippen molar-refractivity contribution in [2.75, 3.05) is 19.8 Å². The Balaban J connectivity index is 2.22. The number of rotatable bonds is 4. The Morgan fingerprint density at radius 3 is 2.77 bits per heavy atom. The molecule has 1 amide bonds. The van der Waals surface area contributed by atoms with E-state index in [0.29, 0.717) is 5.02 Å². The van der Waals surface area contributed by atoms with E-state index in [2.05, 4.69) is 5.92 Å². The highest BCUT2D eigenvalue weighted by Gasteiger charge is 2.37. The smallest absolute Gasteiger partial charge is 0.325 e. The number of hydrogen-bond donors (Lipinski definition) is 0. The predicted octanol–water partition coefficient (Wildman–Crippen LogP) is 1.80. The standard InChI is InChI=1S/C16H16ClNO4/c1-3-13-16(11-5-7-12(17)8-6-11)22-10-14(19)18(13)9-15(20)21-4-2/h1,5-8,13,16H,4,9-10H2,2H3. The van der Waals surface area contributed by atoms with E-state index >= 15 is 0 Å². The van der Waals surface area contributed by atoms with Gasteiger partial charge in [-0.3, -0.25) is 9.59 Å². The van der Waals surface area contributed by atoms with Crippen molar-refractivity contribution in [2.45, 2.75) is 19.1 Å². The van der Waals surface area contributed by atoms with E-state index in [1.54, 1.807) is 31.2 Å². The number of ether oxygens (including phenoxy) is 2. The summed E-state index contributed by atoms with van der Waals surface area (Å²) in [6.45, 7) is 1.63. The first-order valence-corrected chi connectivity index (χ1v) is 7.23. The van der Waals surface area contributed by atoms with Crippen molar-refractivity contribution >= 4 is 23.5 Å². The van der Waals surface area contributed by atoms with Crippen LogP contribution in [-0.4, -0.2) is 42.6 Å². The normalized spacial score (nSPS) is 21.3. The minimum Gasteiger partial charge on any atom is -0.465 e. The average molecular weight is 322 g/mol. The van der Waals surface area contributed by atoms with Gasteiger partial charge in [-0.25, -0.2) is 0 Å². The van der Waals surface area contributed by atoms with Gasteiger partial charge in [0.2, 0.25) is 5.91 Å². The summed E-state index contributed by atoms with van der Waals surface area (Å²) in [4.78, 5) is 25.0. The number of benzene rings is 1. The third kappa shape index (κ3) is 3.59. The molecule has 0 aliphatic carbocycles. The van der Waals surface area contributed by atoms with Crippen LogP contribution in [0.5, 0.6) is 0 Å². The lowest BCUT2D eigenvalue weighted by Gasteiger charge is -2.37. The summed E-state index contributed by atoms with van der Waals surface area (Å²) in [6, 6.07) is 6.34. The molecule has 22 heavy (non-hydrogen) atoms. The molecule has 2 rings (SSSR count). The second kappa shape index (κ2) is 7.30. The number of carbonyl (C=O) groups is 2. The minimum absolute atomic E-state index is 0.134. The van der Waals surface area contributed by atoms with Gasteiger partial charge in [-0.2, -0.15) is 0 Å². The van der Waals surface area contributed by atoms with Gasteiger partial charge in [-0.1, -0.05) is 29.7 Å². The van der Waals surface area contributed by atoms with Crippen LogP contribution >= 0.6 is 11.6 Å². The highest BCUT2D eigenvalue weighted by Crippen LogP contribution is 2.29. The number of terminal acetylenes is 1. The van der Waals surface area contributed by atoms with Crippen molar-refractivity contribution in [3.63, 3.8) is 0 Å². The molecule has 1 saturated heterocycles. The van der Waals surface area contributed by atoms with Crippen LogP contribution in [0.15, 0.2) is 24.3 Å². The topological polar surface area (TPSA) is 55.8 Å². The predicted molar refractivity (Wildman–Crippen MR) is 81.1 cm³/mol. The summed E-state index contributed by atoms with van der Waals surface area (Å²) >= 11 is 5.87. The largest absolute Gasteiger partial charge is 0.465 e. The maximum atomic E-state index is 12.0. The number of morpholine rings is 1. The molecule has 2 atom stereocenters. The fraction of sp³-hybridized carbons (Fsp3) is 0.375. The minimum atomic E-state index is -0.674. The third-order valence-corrected chi connectivity index (χ3v) is 3.56. The molecule has 0 N–H and O–H groups in total. The van der Waals surface area contributed by atoms with E-state index in [-0.39, 0.29) is 25.7 Å². The molecule has 1 aromatic carbocycles. The molecule has 1 aliphatic heterocycles. The molecule has 5 nitrogen and oxygen atoms in total. The maximum absolute atomic E-state index is 12.0. The number of hydrogen-bond acceptors (Lipinski definition) is 4. The molecule has 0 bridgehead atoms. The van der Waals surface area contributed by atoms with Crippen molar-refractivity contribution < 1.29 is 19.1 Å². The van der Waals surface area contributed by atoms with Gasteiger partial charge in [0.1, 0.15) is 25.3 Å². The number of carbonyl (C=O) groups excluding carboxylic acids is 2. The Labute approximate surface area is 134 Å². The molecule has 0 radical (unpaired) electrons.